The summed E-state index contributed by atoms with van der Waals surface area (Å²) in [5.74, 6) is -1.34. The third-order valence-corrected chi connectivity index (χ3v) is 2.71. The quantitative estimate of drug-likeness (QED) is 0.826. The maximum absolute atomic E-state index is 12.7. The highest BCUT2D eigenvalue weighted by atomic mass is 19.1. The van der Waals surface area contributed by atoms with Gasteiger partial charge in [-0.25, -0.2) is 9.18 Å². The number of amides is 1. The highest BCUT2D eigenvalue weighted by molar-refractivity contribution is 5.88. The van der Waals surface area contributed by atoms with Gasteiger partial charge in [-0.05, 0) is 36.2 Å². The number of benzene rings is 1. The number of halogens is 1. The Morgan fingerprint density at radius 3 is 2.62 bits per heavy atom. The van der Waals surface area contributed by atoms with Crippen molar-refractivity contribution in [3.63, 3.8) is 0 Å². The summed E-state index contributed by atoms with van der Waals surface area (Å²) in [6.45, 7) is 0.00567. The number of carbonyl (C=O) groups is 2. The summed E-state index contributed by atoms with van der Waals surface area (Å²) in [6, 6.07) is 9.04. The van der Waals surface area contributed by atoms with Crippen molar-refractivity contribution in [2.45, 2.75) is 6.42 Å². The van der Waals surface area contributed by atoms with E-state index in [1.807, 2.05) is 0 Å². The zero-order chi connectivity index (χ0) is 15.1. The van der Waals surface area contributed by atoms with Gasteiger partial charge in [0.05, 0.1) is 6.26 Å². The minimum atomic E-state index is -0.686. The van der Waals surface area contributed by atoms with Crippen LogP contribution in [0.3, 0.4) is 0 Å². The Hall–Kier alpha value is -2.63. The molecule has 0 aliphatic carbocycles. The Bertz CT molecular complexity index is 593. The molecule has 0 radical (unpaired) electrons. The van der Waals surface area contributed by atoms with Crippen LogP contribution in [-0.4, -0.2) is 25.0 Å². The molecular weight excluding hydrogens is 277 g/mol. The fourth-order valence-electron chi connectivity index (χ4n) is 1.65. The van der Waals surface area contributed by atoms with Gasteiger partial charge in [-0.3, -0.25) is 4.79 Å². The first-order valence-corrected chi connectivity index (χ1v) is 6.37. The highest BCUT2D eigenvalue weighted by Crippen LogP contribution is 2.03. The summed E-state index contributed by atoms with van der Waals surface area (Å²) >= 11 is 0. The van der Waals surface area contributed by atoms with Crippen molar-refractivity contribution in [3.8, 4) is 0 Å². The van der Waals surface area contributed by atoms with Crippen LogP contribution in [0.4, 0.5) is 4.39 Å². The maximum atomic E-state index is 12.7. The SMILES string of the molecule is O=C(COC(=O)c1ccco1)NCCc1ccc(F)cc1. The van der Waals surface area contributed by atoms with Crippen LogP contribution in [-0.2, 0) is 16.0 Å². The van der Waals surface area contributed by atoms with Crippen molar-refractivity contribution >= 4 is 11.9 Å². The predicted octanol–water partition coefficient (Wildman–Crippen LogP) is 1.93. The van der Waals surface area contributed by atoms with Gasteiger partial charge < -0.3 is 14.5 Å². The molecule has 0 saturated heterocycles. The van der Waals surface area contributed by atoms with E-state index >= 15 is 0 Å². The number of nitrogens with one attached hydrogen (secondary N) is 1. The summed E-state index contributed by atoms with van der Waals surface area (Å²) in [7, 11) is 0. The topological polar surface area (TPSA) is 68.5 Å². The number of hydrogen-bond donors (Lipinski definition) is 1. The van der Waals surface area contributed by atoms with Crippen LogP contribution in [0.2, 0.25) is 0 Å². The molecule has 1 amide bonds. The molecule has 0 aliphatic rings. The lowest BCUT2D eigenvalue weighted by Crippen LogP contribution is -2.30. The maximum Gasteiger partial charge on any atom is 0.374 e. The van der Waals surface area contributed by atoms with Crippen LogP contribution in [0.15, 0.2) is 47.1 Å². The summed E-state index contributed by atoms with van der Waals surface area (Å²) in [5.41, 5.74) is 0.907. The molecule has 0 fully saturated rings. The molecule has 1 aromatic carbocycles. The van der Waals surface area contributed by atoms with Crippen LogP contribution in [0.25, 0.3) is 0 Å². The van der Waals surface area contributed by atoms with E-state index in [1.54, 1.807) is 18.2 Å². The number of esters is 1. The molecule has 6 heteroatoms. The minimum Gasteiger partial charge on any atom is -0.457 e. The van der Waals surface area contributed by atoms with E-state index in [0.29, 0.717) is 13.0 Å². The van der Waals surface area contributed by atoms with Crippen molar-refractivity contribution in [1.82, 2.24) is 5.32 Å². The van der Waals surface area contributed by atoms with Crippen LogP contribution in [0, 0.1) is 5.82 Å². The summed E-state index contributed by atoms with van der Waals surface area (Å²) in [6.07, 6.45) is 1.91. The highest BCUT2D eigenvalue weighted by Gasteiger charge is 2.12. The lowest BCUT2D eigenvalue weighted by molar-refractivity contribution is -0.124. The van der Waals surface area contributed by atoms with E-state index in [0.717, 1.165) is 5.56 Å². The van der Waals surface area contributed by atoms with E-state index in [4.69, 9.17) is 9.15 Å². The predicted molar refractivity (Wildman–Crippen MR) is 72.1 cm³/mol. The van der Waals surface area contributed by atoms with E-state index in [2.05, 4.69) is 5.32 Å². The fraction of sp³-hybridized carbons (Fsp3) is 0.200. The van der Waals surface area contributed by atoms with E-state index in [-0.39, 0.29) is 18.2 Å². The summed E-state index contributed by atoms with van der Waals surface area (Å²) in [4.78, 5) is 22.9. The molecule has 0 atom stereocenters. The van der Waals surface area contributed by atoms with Gasteiger partial charge >= 0.3 is 5.97 Å². The Balaban J connectivity index is 1.66. The van der Waals surface area contributed by atoms with Crippen molar-refractivity contribution in [2.24, 2.45) is 0 Å². The first-order chi connectivity index (χ1) is 10.1. The molecule has 5 nitrogen and oxygen atoms in total. The molecule has 0 aliphatic heterocycles. The molecule has 0 spiro atoms. The van der Waals surface area contributed by atoms with Gasteiger partial charge in [0.1, 0.15) is 5.82 Å². The molecule has 0 saturated carbocycles. The molecule has 2 rings (SSSR count). The van der Waals surface area contributed by atoms with Gasteiger partial charge in [-0.2, -0.15) is 0 Å². The third kappa shape index (κ3) is 4.76. The molecule has 110 valence electrons. The van der Waals surface area contributed by atoms with E-state index in [9.17, 15) is 14.0 Å². The number of ether oxygens (including phenoxy) is 1. The average molecular weight is 291 g/mol. The van der Waals surface area contributed by atoms with Crippen molar-refractivity contribution in [2.75, 3.05) is 13.2 Å². The zero-order valence-corrected chi connectivity index (χ0v) is 11.2. The number of carbonyl (C=O) groups excluding carboxylic acids is 2. The second kappa shape index (κ2) is 7.23. The number of furan rings is 1. The molecule has 0 unspecified atom stereocenters. The Morgan fingerprint density at radius 1 is 1.19 bits per heavy atom. The van der Waals surface area contributed by atoms with Crippen LogP contribution in [0.5, 0.6) is 0 Å². The third-order valence-electron chi connectivity index (χ3n) is 2.71. The van der Waals surface area contributed by atoms with Crippen molar-refractivity contribution in [1.29, 1.82) is 0 Å². The average Bonchev–Trinajstić information content (AvgIpc) is 3.01. The first-order valence-electron chi connectivity index (χ1n) is 6.37. The second-order valence-electron chi connectivity index (χ2n) is 4.28. The second-order valence-corrected chi connectivity index (χ2v) is 4.28. The summed E-state index contributed by atoms with van der Waals surface area (Å²) < 4.78 is 22.3. The molecule has 21 heavy (non-hydrogen) atoms. The number of rotatable bonds is 6. The monoisotopic (exact) mass is 291 g/mol. The molecular formula is C15H14FNO4. The van der Waals surface area contributed by atoms with Crippen LogP contribution >= 0.6 is 0 Å². The van der Waals surface area contributed by atoms with Crippen LogP contribution < -0.4 is 5.32 Å². The van der Waals surface area contributed by atoms with Gasteiger partial charge in [0, 0.05) is 6.54 Å². The lowest BCUT2D eigenvalue weighted by atomic mass is 10.1. The van der Waals surface area contributed by atoms with E-state index < -0.39 is 11.9 Å². The molecule has 1 heterocycles. The molecule has 1 N–H and O–H groups in total. The minimum absolute atomic E-state index is 0.0501. The fourth-order valence-corrected chi connectivity index (χ4v) is 1.65. The first kappa shape index (κ1) is 14.8. The lowest BCUT2D eigenvalue weighted by Gasteiger charge is -2.06. The molecule has 1 aromatic heterocycles. The number of hydrogen-bond acceptors (Lipinski definition) is 4. The van der Waals surface area contributed by atoms with Crippen molar-refractivity contribution in [3.05, 3.63) is 59.8 Å². The summed E-state index contributed by atoms with van der Waals surface area (Å²) in [5, 5.41) is 2.61. The molecule has 2 aromatic rings. The molecule has 0 bridgehead atoms. The van der Waals surface area contributed by atoms with Gasteiger partial charge in [0.15, 0.2) is 6.61 Å². The van der Waals surface area contributed by atoms with Gasteiger partial charge in [0.2, 0.25) is 5.76 Å². The standard InChI is InChI=1S/C15H14FNO4/c16-12-5-3-11(4-6-12)7-8-17-14(18)10-21-15(19)13-2-1-9-20-13/h1-6,9H,7-8,10H2,(H,17,18). The zero-order valence-electron chi connectivity index (χ0n) is 11.2. The Labute approximate surface area is 120 Å². The smallest absolute Gasteiger partial charge is 0.374 e. The van der Waals surface area contributed by atoms with Gasteiger partial charge in [0.25, 0.3) is 5.91 Å². The largest absolute Gasteiger partial charge is 0.457 e. The van der Waals surface area contributed by atoms with Crippen molar-refractivity contribution < 1.29 is 23.1 Å². The Kier molecular flexibility index (Phi) is 5.09. The normalized spacial score (nSPS) is 10.1. The Morgan fingerprint density at radius 2 is 1.95 bits per heavy atom. The van der Waals surface area contributed by atoms with E-state index in [1.165, 1.54) is 24.5 Å². The van der Waals surface area contributed by atoms with Gasteiger partial charge in [-0.15, -0.1) is 0 Å². The van der Waals surface area contributed by atoms with Crippen LogP contribution in [0.1, 0.15) is 16.1 Å². The van der Waals surface area contributed by atoms with Gasteiger partial charge in [-0.1, -0.05) is 12.1 Å².